The van der Waals surface area contributed by atoms with Gasteiger partial charge in [-0.3, -0.25) is 19.6 Å². The van der Waals surface area contributed by atoms with Gasteiger partial charge in [-0.1, -0.05) is 12.1 Å². The number of rotatable bonds is 7. The van der Waals surface area contributed by atoms with Crippen molar-refractivity contribution in [3.8, 4) is 0 Å². The van der Waals surface area contributed by atoms with Crippen LogP contribution in [0.25, 0.3) is 0 Å². The van der Waals surface area contributed by atoms with Gasteiger partial charge in [0.05, 0.1) is 28.9 Å². The van der Waals surface area contributed by atoms with Gasteiger partial charge in [0.1, 0.15) is 0 Å². The third-order valence-corrected chi connectivity index (χ3v) is 5.21. The Balaban J connectivity index is 0.00000300. The normalized spacial score (nSPS) is 18.9. The molecule has 2 aromatic rings. The molecule has 31 heavy (non-hydrogen) atoms. The van der Waals surface area contributed by atoms with Crippen molar-refractivity contribution in [2.24, 2.45) is 5.41 Å². The van der Waals surface area contributed by atoms with Crippen molar-refractivity contribution in [1.29, 1.82) is 0 Å². The Morgan fingerprint density at radius 2 is 1.52 bits per heavy atom. The fourth-order valence-electron chi connectivity index (χ4n) is 3.53. The fourth-order valence-corrected chi connectivity index (χ4v) is 3.53. The number of nitrogens with zero attached hydrogens (tertiary/aromatic N) is 2. The first-order valence-electron chi connectivity index (χ1n) is 9.63. The zero-order valence-corrected chi connectivity index (χ0v) is 20.0. The third-order valence-electron chi connectivity index (χ3n) is 5.21. The lowest BCUT2D eigenvalue weighted by molar-refractivity contribution is -0.136. The molecular formula is C21H30Cl3N5O2. The molecule has 10 heteroatoms. The molecule has 3 unspecified atom stereocenters. The van der Waals surface area contributed by atoms with Crippen LogP contribution in [0.2, 0.25) is 0 Å². The lowest BCUT2D eigenvalue weighted by Crippen LogP contribution is -2.46. The summed E-state index contributed by atoms with van der Waals surface area (Å²) in [7, 11) is 0. The van der Waals surface area contributed by atoms with Gasteiger partial charge in [-0.05, 0) is 51.1 Å². The number of hydrogen-bond donors (Lipinski definition) is 3. The molecule has 1 saturated heterocycles. The third kappa shape index (κ3) is 7.61. The number of pyridine rings is 2. The predicted octanol–water partition coefficient (Wildman–Crippen LogP) is 3.17. The second kappa shape index (κ2) is 13.5. The number of hydrogen-bond acceptors (Lipinski definition) is 5. The number of aromatic nitrogens is 2. The monoisotopic (exact) mass is 489 g/mol. The zero-order chi connectivity index (χ0) is 20.0. The molecule has 3 rings (SSSR count). The second-order valence-corrected chi connectivity index (χ2v) is 7.38. The van der Waals surface area contributed by atoms with Crippen LogP contribution in [0.5, 0.6) is 0 Å². The summed E-state index contributed by atoms with van der Waals surface area (Å²) >= 11 is 0. The highest BCUT2D eigenvalue weighted by Gasteiger charge is 2.43. The lowest BCUT2D eigenvalue weighted by atomic mass is 9.81. The maximum Gasteiger partial charge on any atom is 0.228 e. The van der Waals surface area contributed by atoms with Crippen molar-refractivity contribution in [3.05, 3.63) is 60.2 Å². The van der Waals surface area contributed by atoms with Crippen LogP contribution in [-0.2, 0) is 9.59 Å². The first kappa shape index (κ1) is 29.1. The van der Waals surface area contributed by atoms with E-state index in [1.807, 2.05) is 50.2 Å². The summed E-state index contributed by atoms with van der Waals surface area (Å²) < 4.78 is 0. The molecule has 3 atom stereocenters. The van der Waals surface area contributed by atoms with Crippen LogP contribution < -0.4 is 16.0 Å². The molecule has 0 aliphatic carbocycles. The number of carbonyl (C=O) groups excluding carboxylic acids is 2. The Morgan fingerprint density at radius 3 is 1.97 bits per heavy atom. The number of halogens is 3. The zero-order valence-electron chi connectivity index (χ0n) is 17.5. The molecule has 1 aliphatic heterocycles. The quantitative estimate of drug-likeness (QED) is 0.554. The van der Waals surface area contributed by atoms with Crippen LogP contribution in [0, 0.1) is 5.41 Å². The van der Waals surface area contributed by atoms with E-state index >= 15 is 0 Å². The standard InChI is InChI=1S/C21H27N5O2.3ClH/c1-15(17-7-3-5-10-23-17)25-19(27)13-21(9-12-22-14-21)20(28)26-16(2)18-8-4-6-11-24-18;;;/h3-8,10-11,15-16,22H,9,12-14H2,1-2H3,(H,25,27)(H,26,28);3*1H. The number of carbonyl (C=O) groups is 2. The van der Waals surface area contributed by atoms with Gasteiger partial charge in [0.2, 0.25) is 11.8 Å². The van der Waals surface area contributed by atoms with E-state index in [4.69, 9.17) is 0 Å². The average Bonchev–Trinajstić information content (AvgIpc) is 3.18. The first-order valence-corrected chi connectivity index (χ1v) is 9.63. The van der Waals surface area contributed by atoms with Crippen LogP contribution in [0.15, 0.2) is 48.8 Å². The summed E-state index contributed by atoms with van der Waals surface area (Å²) in [6.07, 6.45) is 4.17. The molecule has 1 fully saturated rings. The molecule has 0 radical (unpaired) electrons. The van der Waals surface area contributed by atoms with E-state index in [0.29, 0.717) is 19.5 Å². The van der Waals surface area contributed by atoms with Crippen LogP contribution >= 0.6 is 37.2 Å². The molecular weight excluding hydrogens is 461 g/mol. The molecule has 2 amide bonds. The van der Waals surface area contributed by atoms with E-state index in [0.717, 1.165) is 11.4 Å². The highest BCUT2D eigenvalue weighted by molar-refractivity contribution is 5.90. The molecule has 0 aromatic carbocycles. The van der Waals surface area contributed by atoms with E-state index in [1.165, 1.54) is 0 Å². The largest absolute Gasteiger partial charge is 0.348 e. The van der Waals surface area contributed by atoms with Crippen molar-refractivity contribution in [2.45, 2.75) is 38.8 Å². The van der Waals surface area contributed by atoms with Gasteiger partial charge in [0, 0.05) is 25.4 Å². The summed E-state index contributed by atoms with van der Waals surface area (Å²) in [6.45, 7) is 5.00. The molecule has 7 nitrogen and oxygen atoms in total. The number of nitrogens with one attached hydrogen (secondary N) is 3. The van der Waals surface area contributed by atoms with Crippen LogP contribution in [0.1, 0.15) is 50.2 Å². The molecule has 3 heterocycles. The van der Waals surface area contributed by atoms with E-state index in [-0.39, 0.29) is 67.5 Å². The highest BCUT2D eigenvalue weighted by Crippen LogP contribution is 2.31. The highest BCUT2D eigenvalue weighted by atomic mass is 35.5. The van der Waals surface area contributed by atoms with Crippen LogP contribution in [0.4, 0.5) is 0 Å². The molecule has 172 valence electrons. The Hall–Kier alpha value is -1.93. The summed E-state index contributed by atoms with van der Waals surface area (Å²) in [4.78, 5) is 34.3. The van der Waals surface area contributed by atoms with Crippen molar-refractivity contribution in [2.75, 3.05) is 13.1 Å². The summed E-state index contributed by atoms with van der Waals surface area (Å²) in [6, 6.07) is 10.8. The molecule has 0 spiro atoms. The number of amides is 2. The molecule has 2 aromatic heterocycles. The van der Waals surface area contributed by atoms with Gasteiger partial charge in [-0.25, -0.2) is 0 Å². The minimum absolute atomic E-state index is 0. The van der Waals surface area contributed by atoms with E-state index in [1.54, 1.807) is 12.4 Å². The van der Waals surface area contributed by atoms with Gasteiger partial charge in [0.25, 0.3) is 0 Å². The lowest BCUT2D eigenvalue weighted by Gasteiger charge is -2.28. The maximum atomic E-state index is 13.1. The van der Waals surface area contributed by atoms with E-state index < -0.39 is 5.41 Å². The molecule has 3 N–H and O–H groups in total. The minimum atomic E-state index is -0.753. The van der Waals surface area contributed by atoms with Gasteiger partial charge in [-0.2, -0.15) is 0 Å². The molecule has 1 aliphatic rings. The minimum Gasteiger partial charge on any atom is -0.348 e. The fraction of sp³-hybridized carbons (Fsp3) is 0.429. The Morgan fingerprint density at radius 1 is 0.968 bits per heavy atom. The average molecular weight is 491 g/mol. The second-order valence-electron chi connectivity index (χ2n) is 7.38. The first-order chi connectivity index (χ1) is 13.5. The van der Waals surface area contributed by atoms with Gasteiger partial charge < -0.3 is 16.0 Å². The van der Waals surface area contributed by atoms with Gasteiger partial charge in [-0.15, -0.1) is 37.2 Å². The van der Waals surface area contributed by atoms with E-state index in [9.17, 15) is 9.59 Å². The Bertz CT molecular complexity index is 805. The van der Waals surface area contributed by atoms with Crippen molar-refractivity contribution in [3.63, 3.8) is 0 Å². The predicted molar refractivity (Wildman–Crippen MR) is 128 cm³/mol. The van der Waals surface area contributed by atoms with E-state index in [2.05, 4.69) is 25.9 Å². The molecule has 0 bridgehead atoms. The SMILES string of the molecule is CC(NC(=O)CC1(C(=O)NC(C)c2ccccn2)CCNC1)c1ccccn1.Cl.Cl.Cl. The van der Waals surface area contributed by atoms with Crippen LogP contribution in [0.3, 0.4) is 0 Å². The van der Waals surface area contributed by atoms with Crippen molar-refractivity contribution in [1.82, 2.24) is 25.9 Å². The summed E-state index contributed by atoms with van der Waals surface area (Å²) in [5, 5.41) is 9.23. The summed E-state index contributed by atoms with van der Waals surface area (Å²) in [5.41, 5.74) is 0.838. The topological polar surface area (TPSA) is 96.0 Å². The smallest absolute Gasteiger partial charge is 0.228 e. The summed E-state index contributed by atoms with van der Waals surface area (Å²) in [5.74, 6) is -0.265. The maximum absolute atomic E-state index is 13.1. The van der Waals surface area contributed by atoms with Crippen molar-refractivity contribution < 1.29 is 9.59 Å². The Kier molecular flexibility index (Phi) is 12.6. The molecule has 0 saturated carbocycles. The van der Waals surface area contributed by atoms with Crippen molar-refractivity contribution >= 4 is 49.0 Å². The van der Waals surface area contributed by atoms with Gasteiger partial charge in [0.15, 0.2) is 0 Å². The van der Waals surface area contributed by atoms with Crippen LogP contribution in [-0.4, -0.2) is 34.9 Å². The van der Waals surface area contributed by atoms with Gasteiger partial charge >= 0.3 is 0 Å². The Labute approximate surface area is 201 Å².